The number of hydrogen-bond donors (Lipinski definition) is 1. The van der Waals surface area contributed by atoms with Crippen molar-refractivity contribution in [1.82, 2.24) is 0 Å². The van der Waals surface area contributed by atoms with Gasteiger partial charge in [0.25, 0.3) is 0 Å². The first-order chi connectivity index (χ1) is 9.56. The maximum Gasteiger partial charge on any atom is 0.102 e. The van der Waals surface area contributed by atoms with Crippen LogP contribution in [0.1, 0.15) is 44.7 Å². The van der Waals surface area contributed by atoms with Gasteiger partial charge in [0.15, 0.2) is 0 Å². The Labute approximate surface area is 121 Å². The molecule has 1 aromatic carbocycles. The number of benzene rings is 1. The van der Waals surface area contributed by atoms with Crippen molar-refractivity contribution in [3.8, 4) is 6.07 Å². The number of anilines is 1. The summed E-state index contributed by atoms with van der Waals surface area (Å²) in [6.45, 7) is 9.27. The van der Waals surface area contributed by atoms with Crippen molar-refractivity contribution in [1.29, 1.82) is 5.26 Å². The zero-order valence-electron chi connectivity index (χ0n) is 12.9. The molecule has 3 unspecified atom stereocenters. The number of hydrogen-bond acceptors (Lipinski definition) is 3. The van der Waals surface area contributed by atoms with Gasteiger partial charge in [-0.25, -0.2) is 0 Å². The summed E-state index contributed by atoms with van der Waals surface area (Å²) in [5.74, 6) is 0. The van der Waals surface area contributed by atoms with Crippen molar-refractivity contribution >= 4 is 5.69 Å². The molecular formula is C17H24N2O. The first-order valence-corrected chi connectivity index (χ1v) is 7.44. The minimum absolute atomic E-state index is 0.145. The molecule has 0 heterocycles. The summed E-state index contributed by atoms with van der Waals surface area (Å²) in [7, 11) is 0. The van der Waals surface area contributed by atoms with Crippen LogP contribution >= 0.6 is 0 Å². The lowest BCUT2D eigenvalue weighted by Gasteiger charge is -2.54. The molecule has 1 aliphatic rings. The van der Waals surface area contributed by atoms with Crippen LogP contribution in [0.2, 0.25) is 0 Å². The predicted octanol–water partition coefficient (Wildman–Crippen LogP) is 3.87. The number of ether oxygens (including phenoxy) is 1. The van der Waals surface area contributed by atoms with Gasteiger partial charge in [-0.3, -0.25) is 0 Å². The van der Waals surface area contributed by atoms with Crippen molar-refractivity contribution in [2.75, 3.05) is 11.9 Å². The van der Waals surface area contributed by atoms with Crippen LogP contribution in [-0.2, 0) is 4.74 Å². The lowest BCUT2D eigenvalue weighted by Crippen LogP contribution is -2.59. The second kappa shape index (κ2) is 5.85. The maximum absolute atomic E-state index is 9.31. The van der Waals surface area contributed by atoms with Crippen LogP contribution in [-0.4, -0.2) is 18.8 Å². The molecule has 0 amide bonds. The van der Waals surface area contributed by atoms with E-state index in [4.69, 9.17) is 4.74 Å². The third kappa shape index (κ3) is 2.41. The van der Waals surface area contributed by atoms with E-state index in [0.717, 1.165) is 36.3 Å². The van der Waals surface area contributed by atoms with Crippen molar-refractivity contribution in [3.63, 3.8) is 0 Å². The summed E-state index contributed by atoms with van der Waals surface area (Å²) >= 11 is 0. The van der Waals surface area contributed by atoms with Gasteiger partial charge in [0, 0.05) is 18.1 Å². The van der Waals surface area contributed by atoms with E-state index in [9.17, 15) is 5.26 Å². The highest BCUT2D eigenvalue weighted by molar-refractivity contribution is 5.61. The smallest absolute Gasteiger partial charge is 0.102 e. The highest BCUT2D eigenvalue weighted by atomic mass is 16.5. The Morgan fingerprint density at radius 1 is 1.45 bits per heavy atom. The van der Waals surface area contributed by atoms with E-state index in [1.807, 2.05) is 32.0 Å². The Kier molecular flexibility index (Phi) is 4.35. The second-order valence-corrected chi connectivity index (χ2v) is 5.85. The molecule has 108 valence electrons. The SMILES string of the molecule is CCOC1CC(Nc2cccc(C)c2C#N)C1(C)CC. The Morgan fingerprint density at radius 2 is 2.20 bits per heavy atom. The second-order valence-electron chi connectivity index (χ2n) is 5.85. The monoisotopic (exact) mass is 272 g/mol. The van der Waals surface area contributed by atoms with Crippen LogP contribution in [0.3, 0.4) is 0 Å². The lowest BCUT2D eigenvalue weighted by molar-refractivity contribution is -0.109. The van der Waals surface area contributed by atoms with Gasteiger partial charge < -0.3 is 10.1 Å². The molecule has 0 aromatic heterocycles. The molecular weight excluding hydrogens is 248 g/mol. The van der Waals surface area contributed by atoms with Gasteiger partial charge in [-0.2, -0.15) is 5.26 Å². The summed E-state index contributed by atoms with van der Waals surface area (Å²) in [5.41, 5.74) is 2.88. The van der Waals surface area contributed by atoms with Crippen LogP contribution in [0.15, 0.2) is 18.2 Å². The summed E-state index contributed by atoms with van der Waals surface area (Å²) in [4.78, 5) is 0. The fourth-order valence-electron chi connectivity index (χ4n) is 3.10. The van der Waals surface area contributed by atoms with Crippen LogP contribution in [0.4, 0.5) is 5.69 Å². The Morgan fingerprint density at radius 3 is 2.80 bits per heavy atom. The fraction of sp³-hybridized carbons (Fsp3) is 0.588. The maximum atomic E-state index is 9.31. The van der Waals surface area contributed by atoms with E-state index >= 15 is 0 Å². The van der Waals surface area contributed by atoms with Gasteiger partial charge in [-0.05, 0) is 38.3 Å². The van der Waals surface area contributed by atoms with Crippen molar-refractivity contribution in [2.45, 2.75) is 52.7 Å². The Hall–Kier alpha value is -1.53. The molecule has 0 aliphatic heterocycles. The van der Waals surface area contributed by atoms with E-state index < -0.39 is 0 Å². The fourth-order valence-corrected chi connectivity index (χ4v) is 3.10. The molecule has 3 heteroatoms. The van der Waals surface area contributed by atoms with E-state index in [0.29, 0.717) is 12.1 Å². The van der Waals surface area contributed by atoms with Crippen molar-refractivity contribution < 1.29 is 4.74 Å². The molecule has 1 fully saturated rings. The Bertz CT molecular complexity index is 520. The van der Waals surface area contributed by atoms with Crippen LogP contribution in [0, 0.1) is 23.7 Å². The van der Waals surface area contributed by atoms with Crippen LogP contribution < -0.4 is 5.32 Å². The highest BCUT2D eigenvalue weighted by Crippen LogP contribution is 2.47. The first-order valence-electron chi connectivity index (χ1n) is 7.44. The molecule has 1 N–H and O–H groups in total. The number of nitriles is 1. The molecule has 1 aromatic rings. The molecule has 0 saturated heterocycles. The number of nitrogens with one attached hydrogen (secondary N) is 1. The molecule has 0 bridgehead atoms. The molecule has 3 atom stereocenters. The Balaban J connectivity index is 2.16. The first kappa shape index (κ1) is 14.9. The summed E-state index contributed by atoms with van der Waals surface area (Å²) < 4.78 is 5.83. The summed E-state index contributed by atoms with van der Waals surface area (Å²) in [5, 5.41) is 12.9. The third-order valence-corrected chi connectivity index (χ3v) is 4.83. The molecule has 0 spiro atoms. The molecule has 20 heavy (non-hydrogen) atoms. The van der Waals surface area contributed by atoms with Gasteiger partial charge in [-0.1, -0.05) is 26.0 Å². The topological polar surface area (TPSA) is 45.0 Å². The van der Waals surface area contributed by atoms with Gasteiger partial charge in [0.2, 0.25) is 0 Å². The molecule has 1 aliphatic carbocycles. The molecule has 1 saturated carbocycles. The van der Waals surface area contributed by atoms with E-state index in [2.05, 4.69) is 25.2 Å². The number of nitrogens with zero attached hydrogens (tertiary/aromatic N) is 1. The lowest BCUT2D eigenvalue weighted by atomic mass is 9.61. The molecule has 3 nitrogen and oxygen atoms in total. The normalized spacial score (nSPS) is 28.6. The molecule has 2 rings (SSSR count). The number of rotatable bonds is 5. The van der Waals surface area contributed by atoms with E-state index in [1.54, 1.807) is 0 Å². The largest absolute Gasteiger partial charge is 0.380 e. The van der Waals surface area contributed by atoms with Crippen molar-refractivity contribution in [3.05, 3.63) is 29.3 Å². The third-order valence-electron chi connectivity index (χ3n) is 4.83. The summed E-state index contributed by atoms with van der Waals surface area (Å²) in [6, 6.07) is 8.65. The minimum Gasteiger partial charge on any atom is -0.380 e. The average Bonchev–Trinajstić information content (AvgIpc) is 2.45. The van der Waals surface area contributed by atoms with Gasteiger partial charge in [0.05, 0.1) is 17.4 Å². The van der Waals surface area contributed by atoms with E-state index in [-0.39, 0.29) is 5.41 Å². The average molecular weight is 272 g/mol. The van der Waals surface area contributed by atoms with Gasteiger partial charge in [0.1, 0.15) is 6.07 Å². The zero-order chi connectivity index (χ0) is 14.8. The predicted molar refractivity (Wildman–Crippen MR) is 81.7 cm³/mol. The number of aryl methyl sites for hydroxylation is 1. The van der Waals surface area contributed by atoms with Gasteiger partial charge in [-0.15, -0.1) is 0 Å². The van der Waals surface area contributed by atoms with Crippen LogP contribution in [0.5, 0.6) is 0 Å². The van der Waals surface area contributed by atoms with E-state index in [1.165, 1.54) is 0 Å². The van der Waals surface area contributed by atoms with Crippen LogP contribution in [0.25, 0.3) is 0 Å². The summed E-state index contributed by atoms with van der Waals surface area (Å²) in [6.07, 6.45) is 2.41. The minimum atomic E-state index is 0.145. The van der Waals surface area contributed by atoms with Gasteiger partial charge >= 0.3 is 0 Å². The zero-order valence-corrected chi connectivity index (χ0v) is 12.9. The standard InChI is InChI=1S/C17H24N2O/c1-5-17(4)15(10-16(17)20-6-2)19-14-9-7-8-12(3)13(14)11-18/h7-9,15-16,19H,5-6,10H2,1-4H3. The van der Waals surface area contributed by atoms with Crippen molar-refractivity contribution in [2.24, 2.45) is 5.41 Å². The molecule has 0 radical (unpaired) electrons. The quantitative estimate of drug-likeness (QED) is 0.885. The highest BCUT2D eigenvalue weighted by Gasteiger charge is 2.51.